The molecular weight excluding hydrogens is 418 g/mol. The number of halogens is 1. The summed E-state index contributed by atoms with van der Waals surface area (Å²) in [6.45, 7) is 4.26. The molecule has 1 aliphatic heterocycles. The van der Waals surface area contributed by atoms with E-state index in [9.17, 15) is 5.26 Å². The average molecular weight is 438 g/mol. The summed E-state index contributed by atoms with van der Waals surface area (Å²) < 4.78 is 6.83. The number of aromatic nitrogens is 2. The van der Waals surface area contributed by atoms with Crippen molar-refractivity contribution in [1.82, 2.24) is 15.1 Å². The second-order valence-electron chi connectivity index (χ2n) is 6.73. The third kappa shape index (κ3) is 4.08. The maximum Gasteiger partial charge on any atom is 0.248 e. The van der Waals surface area contributed by atoms with Gasteiger partial charge in [-0.05, 0) is 46.6 Å². The van der Waals surface area contributed by atoms with E-state index in [0.29, 0.717) is 18.3 Å². The van der Waals surface area contributed by atoms with E-state index in [1.165, 1.54) is 0 Å². The monoisotopic (exact) mass is 437 g/mol. The summed E-state index contributed by atoms with van der Waals surface area (Å²) in [5.74, 6) is 1.15. The average Bonchev–Trinajstić information content (AvgIpc) is 3.06. The predicted molar refractivity (Wildman–Crippen MR) is 111 cm³/mol. The van der Waals surface area contributed by atoms with Crippen LogP contribution in [0.1, 0.15) is 17.9 Å². The molecule has 0 aliphatic carbocycles. The fourth-order valence-electron chi connectivity index (χ4n) is 3.47. The molecule has 1 fully saturated rings. The standard InChI is InChI=1S/C21H20BrN5O/c22-18-8-3-2-7-17(18)21-25-24-20(28-21)15-26-10-5-11-27(13-12-26)19-9-4-1-6-16(19)14-23/h1-4,6-9H,5,10-13,15H2. The molecule has 0 amide bonds. The van der Waals surface area contributed by atoms with Gasteiger partial charge in [0.05, 0.1) is 23.4 Å². The molecule has 1 aliphatic rings. The van der Waals surface area contributed by atoms with Gasteiger partial charge >= 0.3 is 0 Å². The van der Waals surface area contributed by atoms with E-state index in [-0.39, 0.29) is 0 Å². The van der Waals surface area contributed by atoms with Crippen LogP contribution in [0.15, 0.2) is 57.4 Å². The van der Waals surface area contributed by atoms with Crippen LogP contribution in [-0.2, 0) is 6.54 Å². The van der Waals surface area contributed by atoms with Gasteiger partial charge in [-0.15, -0.1) is 10.2 Å². The maximum absolute atomic E-state index is 9.36. The normalized spacial score (nSPS) is 15.2. The molecular formula is C21H20BrN5O. The van der Waals surface area contributed by atoms with E-state index in [1.807, 2.05) is 48.5 Å². The van der Waals surface area contributed by atoms with Gasteiger partial charge in [0.15, 0.2) is 0 Å². The molecule has 2 heterocycles. The minimum atomic E-state index is 0.530. The first kappa shape index (κ1) is 18.7. The van der Waals surface area contributed by atoms with Crippen molar-refractivity contribution >= 4 is 21.6 Å². The largest absolute Gasteiger partial charge is 0.419 e. The zero-order valence-electron chi connectivity index (χ0n) is 15.4. The molecule has 3 aromatic rings. The lowest BCUT2D eigenvalue weighted by molar-refractivity contribution is 0.256. The van der Waals surface area contributed by atoms with E-state index < -0.39 is 0 Å². The quantitative estimate of drug-likeness (QED) is 0.612. The van der Waals surface area contributed by atoms with Gasteiger partial charge < -0.3 is 9.32 Å². The number of benzene rings is 2. The summed E-state index contributed by atoms with van der Waals surface area (Å²) in [4.78, 5) is 4.62. The Labute approximate surface area is 172 Å². The molecule has 6 nitrogen and oxygen atoms in total. The van der Waals surface area contributed by atoms with Gasteiger partial charge in [-0.1, -0.05) is 24.3 Å². The fraction of sp³-hybridized carbons (Fsp3) is 0.286. The second kappa shape index (κ2) is 8.55. The SMILES string of the molecule is N#Cc1ccccc1N1CCCN(Cc2nnc(-c3ccccc3Br)o2)CC1. The van der Waals surface area contributed by atoms with Gasteiger partial charge in [-0.3, -0.25) is 4.90 Å². The van der Waals surface area contributed by atoms with Crippen molar-refractivity contribution in [1.29, 1.82) is 5.26 Å². The Bertz CT molecular complexity index is 996. The highest BCUT2D eigenvalue weighted by atomic mass is 79.9. The molecule has 2 aromatic carbocycles. The lowest BCUT2D eigenvalue weighted by Crippen LogP contribution is -2.31. The Balaban J connectivity index is 1.42. The highest BCUT2D eigenvalue weighted by Crippen LogP contribution is 2.27. The Morgan fingerprint density at radius 1 is 1.00 bits per heavy atom. The van der Waals surface area contributed by atoms with Crippen molar-refractivity contribution in [3.63, 3.8) is 0 Å². The van der Waals surface area contributed by atoms with Gasteiger partial charge in [0.25, 0.3) is 0 Å². The smallest absolute Gasteiger partial charge is 0.248 e. The van der Waals surface area contributed by atoms with Crippen LogP contribution in [0.4, 0.5) is 5.69 Å². The lowest BCUT2D eigenvalue weighted by atomic mass is 10.1. The molecule has 0 spiro atoms. The van der Waals surface area contributed by atoms with E-state index in [2.05, 4.69) is 42.0 Å². The van der Waals surface area contributed by atoms with Crippen molar-refractivity contribution in [2.45, 2.75) is 13.0 Å². The first-order chi connectivity index (χ1) is 13.7. The van der Waals surface area contributed by atoms with Gasteiger partial charge in [0.1, 0.15) is 6.07 Å². The summed E-state index contributed by atoms with van der Waals surface area (Å²) in [6, 6.07) is 17.9. The zero-order chi connectivity index (χ0) is 19.3. The molecule has 4 rings (SSSR count). The summed E-state index contributed by atoms with van der Waals surface area (Å²) in [6.07, 6.45) is 1.02. The first-order valence-electron chi connectivity index (χ1n) is 9.28. The van der Waals surface area contributed by atoms with Crippen molar-refractivity contribution in [3.8, 4) is 17.5 Å². The molecule has 28 heavy (non-hydrogen) atoms. The first-order valence-corrected chi connectivity index (χ1v) is 10.1. The second-order valence-corrected chi connectivity index (χ2v) is 7.58. The van der Waals surface area contributed by atoms with Crippen LogP contribution in [0, 0.1) is 11.3 Å². The van der Waals surface area contributed by atoms with Crippen molar-refractivity contribution < 1.29 is 4.42 Å². The van der Waals surface area contributed by atoms with E-state index in [0.717, 1.165) is 53.9 Å². The van der Waals surface area contributed by atoms with E-state index in [1.54, 1.807) is 0 Å². The highest BCUT2D eigenvalue weighted by molar-refractivity contribution is 9.10. The molecule has 1 aromatic heterocycles. The summed E-state index contributed by atoms with van der Waals surface area (Å²) in [7, 11) is 0. The van der Waals surface area contributed by atoms with Crippen LogP contribution in [0.3, 0.4) is 0 Å². The van der Waals surface area contributed by atoms with Crippen LogP contribution < -0.4 is 4.90 Å². The maximum atomic E-state index is 9.36. The summed E-state index contributed by atoms with van der Waals surface area (Å²) in [5, 5.41) is 17.8. The van der Waals surface area contributed by atoms with Gasteiger partial charge in [-0.2, -0.15) is 5.26 Å². The number of nitrogens with zero attached hydrogens (tertiary/aromatic N) is 5. The number of hydrogen-bond donors (Lipinski definition) is 0. The molecule has 142 valence electrons. The summed E-state index contributed by atoms with van der Waals surface area (Å²) >= 11 is 3.52. The number of hydrogen-bond acceptors (Lipinski definition) is 6. The van der Waals surface area contributed by atoms with E-state index >= 15 is 0 Å². The third-order valence-corrected chi connectivity index (χ3v) is 5.58. The minimum absolute atomic E-state index is 0.530. The van der Waals surface area contributed by atoms with Crippen LogP contribution in [0.5, 0.6) is 0 Å². The molecule has 0 saturated carbocycles. The Kier molecular flexibility index (Phi) is 5.70. The third-order valence-electron chi connectivity index (χ3n) is 4.88. The molecule has 1 saturated heterocycles. The topological polar surface area (TPSA) is 69.2 Å². The minimum Gasteiger partial charge on any atom is -0.419 e. The summed E-state index contributed by atoms with van der Waals surface area (Å²) in [5.41, 5.74) is 2.64. The number of anilines is 1. The molecule has 0 N–H and O–H groups in total. The van der Waals surface area contributed by atoms with Crippen LogP contribution in [0.2, 0.25) is 0 Å². The van der Waals surface area contributed by atoms with Gasteiger partial charge in [0, 0.05) is 30.7 Å². The fourth-order valence-corrected chi connectivity index (χ4v) is 3.92. The van der Waals surface area contributed by atoms with Crippen molar-refractivity contribution in [2.24, 2.45) is 0 Å². The molecule has 0 bridgehead atoms. The molecule has 0 atom stereocenters. The lowest BCUT2D eigenvalue weighted by Gasteiger charge is -2.24. The molecule has 7 heteroatoms. The van der Waals surface area contributed by atoms with Crippen molar-refractivity contribution in [2.75, 3.05) is 31.1 Å². The van der Waals surface area contributed by atoms with E-state index in [4.69, 9.17) is 4.42 Å². The van der Waals surface area contributed by atoms with Crippen LogP contribution in [0.25, 0.3) is 11.5 Å². The zero-order valence-corrected chi connectivity index (χ0v) is 17.0. The molecule has 0 unspecified atom stereocenters. The highest BCUT2D eigenvalue weighted by Gasteiger charge is 2.19. The number of nitriles is 1. The van der Waals surface area contributed by atoms with Crippen LogP contribution >= 0.6 is 15.9 Å². The number of para-hydroxylation sites is 1. The molecule has 0 radical (unpaired) electrons. The van der Waals surface area contributed by atoms with Gasteiger partial charge in [-0.25, -0.2) is 0 Å². The Morgan fingerprint density at radius 2 is 1.82 bits per heavy atom. The van der Waals surface area contributed by atoms with Crippen molar-refractivity contribution in [3.05, 3.63) is 64.5 Å². The van der Waals surface area contributed by atoms with Gasteiger partial charge in [0.2, 0.25) is 11.8 Å². The predicted octanol–water partition coefficient (Wildman–Crippen LogP) is 4.08. The Morgan fingerprint density at radius 3 is 2.68 bits per heavy atom. The van der Waals surface area contributed by atoms with Crippen LogP contribution in [-0.4, -0.2) is 41.3 Å². The Hall–Kier alpha value is -2.69. The number of rotatable bonds is 4.